The van der Waals surface area contributed by atoms with Crippen LogP contribution in [0, 0.1) is 0 Å². The lowest BCUT2D eigenvalue weighted by atomic mass is 10.0. The Morgan fingerprint density at radius 2 is 1.41 bits per heavy atom. The van der Waals surface area contributed by atoms with Crippen LogP contribution < -0.4 is 14.2 Å². The van der Waals surface area contributed by atoms with Crippen molar-refractivity contribution in [3.63, 3.8) is 0 Å². The van der Waals surface area contributed by atoms with E-state index in [2.05, 4.69) is 0 Å². The molecule has 0 atom stereocenters. The maximum absolute atomic E-state index is 12.0. The summed E-state index contributed by atoms with van der Waals surface area (Å²) in [5.41, 5.74) is 4.28. The van der Waals surface area contributed by atoms with Gasteiger partial charge in [0.05, 0.1) is 5.69 Å². The molecule has 0 amide bonds. The molecular formula is C29H22N2O8S2. The SMILES string of the molecule is O=S(=O)([O-])C[n+]1c(C=C2Oc3ccc(-c4ccccc4)cc3N2CS(=O)(=O)O)oc2ccc(-c3ccccc3)cc21. The summed E-state index contributed by atoms with van der Waals surface area (Å²) in [4.78, 5) is 1.23. The van der Waals surface area contributed by atoms with Crippen molar-refractivity contribution in [2.75, 3.05) is 10.8 Å². The molecule has 2 heterocycles. The second-order valence-electron chi connectivity index (χ2n) is 9.38. The van der Waals surface area contributed by atoms with Crippen molar-refractivity contribution in [1.29, 1.82) is 0 Å². The van der Waals surface area contributed by atoms with Gasteiger partial charge in [0.15, 0.2) is 21.7 Å². The molecule has 1 N–H and O–H groups in total. The third kappa shape index (κ3) is 5.72. The minimum Gasteiger partial charge on any atom is -0.743 e. The van der Waals surface area contributed by atoms with E-state index in [0.29, 0.717) is 22.5 Å². The zero-order valence-electron chi connectivity index (χ0n) is 21.2. The maximum atomic E-state index is 12.0. The van der Waals surface area contributed by atoms with E-state index in [9.17, 15) is 25.9 Å². The Kier molecular flexibility index (Phi) is 6.62. The number of benzene rings is 4. The molecule has 0 saturated carbocycles. The van der Waals surface area contributed by atoms with Crippen LogP contribution in [0.4, 0.5) is 5.69 Å². The van der Waals surface area contributed by atoms with Crippen LogP contribution in [-0.4, -0.2) is 31.8 Å². The van der Waals surface area contributed by atoms with Crippen molar-refractivity contribution < 1.29 is 39.7 Å². The summed E-state index contributed by atoms with van der Waals surface area (Å²) in [6.07, 6.45) is 1.29. The van der Waals surface area contributed by atoms with Gasteiger partial charge in [-0.3, -0.25) is 9.45 Å². The normalized spacial score (nSPS) is 14.4. The zero-order chi connectivity index (χ0) is 28.8. The summed E-state index contributed by atoms with van der Waals surface area (Å²) >= 11 is 0. The number of hydrogen-bond donors (Lipinski definition) is 1. The van der Waals surface area contributed by atoms with Crippen molar-refractivity contribution in [2.45, 2.75) is 5.88 Å². The first kappa shape index (κ1) is 26.7. The van der Waals surface area contributed by atoms with Crippen molar-refractivity contribution in [2.24, 2.45) is 0 Å². The van der Waals surface area contributed by atoms with E-state index in [0.717, 1.165) is 22.3 Å². The average Bonchev–Trinajstić information content (AvgIpc) is 3.44. The molecule has 10 nitrogen and oxygen atoms in total. The summed E-state index contributed by atoms with van der Waals surface area (Å²) in [6.45, 7) is 0. The van der Waals surface area contributed by atoms with E-state index in [1.165, 1.54) is 15.5 Å². The number of hydrogen-bond acceptors (Lipinski definition) is 8. The molecule has 0 aliphatic carbocycles. The molecular weight excluding hydrogens is 568 g/mol. The summed E-state index contributed by atoms with van der Waals surface area (Å²) in [6, 6.07) is 29.1. The monoisotopic (exact) mass is 590 g/mol. The quantitative estimate of drug-likeness (QED) is 0.213. The van der Waals surface area contributed by atoms with Gasteiger partial charge in [0.1, 0.15) is 6.08 Å². The topological polar surface area (TPSA) is 141 Å². The first-order chi connectivity index (χ1) is 19.5. The maximum Gasteiger partial charge on any atom is 0.380 e. The molecule has 0 fully saturated rings. The Bertz CT molecular complexity index is 2020. The Hall–Kier alpha value is -4.49. The fourth-order valence-corrected chi connectivity index (χ4v) is 5.91. The molecule has 12 heteroatoms. The molecule has 0 radical (unpaired) electrons. The summed E-state index contributed by atoms with van der Waals surface area (Å²) in [5, 5.41) is 0. The van der Waals surface area contributed by atoms with Crippen LogP contribution in [-0.2, 0) is 26.1 Å². The van der Waals surface area contributed by atoms with Crippen LogP contribution in [0.3, 0.4) is 0 Å². The molecule has 208 valence electrons. The fourth-order valence-electron chi connectivity index (χ4n) is 4.73. The van der Waals surface area contributed by atoms with E-state index >= 15 is 0 Å². The van der Waals surface area contributed by atoms with E-state index < -0.39 is 32.0 Å². The van der Waals surface area contributed by atoms with Crippen LogP contribution >= 0.6 is 0 Å². The molecule has 5 aromatic rings. The predicted molar refractivity (Wildman–Crippen MR) is 151 cm³/mol. The number of rotatable bonds is 7. The number of fused-ring (bicyclic) bond motifs is 2. The van der Waals surface area contributed by atoms with Gasteiger partial charge in [-0.15, -0.1) is 4.57 Å². The zero-order valence-corrected chi connectivity index (χ0v) is 22.9. The molecule has 41 heavy (non-hydrogen) atoms. The van der Waals surface area contributed by atoms with Gasteiger partial charge in [0.2, 0.25) is 17.3 Å². The molecule has 1 aliphatic rings. The largest absolute Gasteiger partial charge is 0.743 e. The molecule has 0 spiro atoms. The van der Waals surface area contributed by atoms with Gasteiger partial charge in [0.25, 0.3) is 15.6 Å². The van der Waals surface area contributed by atoms with Gasteiger partial charge in [-0.1, -0.05) is 72.8 Å². The Morgan fingerprint density at radius 1 is 0.805 bits per heavy atom. The van der Waals surface area contributed by atoms with Gasteiger partial charge in [-0.2, -0.15) is 8.42 Å². The van der Waals surface area contributed by atoms with Gasteiger partial charge in [-0.05, 0) is 40.5 Å². The smallest absolute Gasteiger partial charge is 0.380 e. The van der Waals surface area contributed by atoms with Crippen molar-refractivity contribution in [3.8, 4) is 28.0 Å². The molecule has 0 bridgehead atoms. The lowest BCUT2D eigenvalue weighted by Crippen LogP contribution is -2.39. The van der Waals surface area contributed by atoms with Crippen LogP contribution in [0.5, 0.6) is 5.75 Å². The summed E-state index contributed by atoms with van der Waals surface area (Å²) in [5.74, 6) is -1.60. The highest BCUT2D eigenvalue weighted by molar-refractivity contribution is 7.85. The van der Waals surface area contributed by atoms with Crippen molar-refractivity contribution >= 4 is 43.1 Å². The second-order valence-corrected chi connectivity index (χ2v) is 12.2. The van der Waals surface area contributed by atoms with Crippen LogP contribution in [0.1, 0.15) is 5.89 Å². The van der Waals surface area contributed by atoms with Crippen LogP contribution in [0.15, 0.2) is 107 Å². The third-order valence-corrected chi connectivity index (χ3v) is 7.66. The highest BCUT2D eigenvalue weighted by atomic mass is 32.2. The lowest BCUT2D eigenvalue weighted by molar-refractivity contribution is -0.658. The number of ether oxygens (including phenoxy) is 1. The molecule has 0 saturated heterocycles. The van der Waals surface area contributed by atoms with E-state index in [1.54, 1.807) is 36.4 Å². The van der Waals surface area contributed by atoms with Crippen molar-refractivity contribution in [1.82, 2.24) is 0 Å². The number of nitrogens with zero attached hydrogens (tertiary/aromatic N) is 2. The summed E-state index contributed by atoms with van der Waals surface area (Å²) < 4.78 is 82.5. The number of aromatic nitrogens is 1. The lowest BCUT2D eigenvalue weighted by Gasteiger charge is -2.16. The Balaban J connectivity index is 1.49. The molecule has 4 aromatic carbocycles. The first-order valence-electron chi connectivity index (χ1n) is 12.3. The average molecular weight is 591 g/mol. The summed E-state index contributed by atoms with van der Waals surface area (Å²) in [7, 11) is -9.30. The second kappa shape index (κ2) is 10.2. The van der Waals surface area contributed by atoms with Crippen LogP contribution in [0.2, 0.25) is 0 Å². The van der Waals surface area contributed by atoms with Gasteiger partial charge < -0.3 is 13.7 Å². The van der Waals surface area contributed by atoms with Gasteiger partial charge >= 0.3 is 5.89 Å². The molecule has 6 rings (SSSR count). The van der Waals surface area contributed by atoms with E-state index in [-0.39, 0.29) is 11.8 Å². The van der Waals surface area contributed by atoms with Gasteiger partial charge in [-0.25, -0.2) is 8.42 Å². The first-order valence-corrected chi connectivity index (χ1v) is 15.5. The molecule has 1 aliphatic heterocycles. The number of anilines is 1. The third-order valence-electron chi connectivity index (χ3n) is 6.50. The minimum absolute atomic E-state index is 0.0535. The van der Waals surface area contributed by atoms with Gasteiger partial charge in [0, 0.05) is 6.07 Å². The van der Waals surface area contributed by atoms with Crippen LogP contribution in [0.25, 0.3) is 39.4 Å². The predicted octanol–water partition coefficient (Wildman–Crippen LogP) is 4.60. The molecule has 0 unspecified atom stereocenters. The Morgan fingerprint density at radius 3 is 2.02 bits per heavy atom. The minimum atomic E-state index is -4.77. The van der Waals surface area contributed by atoms with E-state index in [4.69, 9.17) is 9.15 Å². The standard InChI is InChI=1S/C29H22N2O8S2/c32-40(33,34)18-30-24-15-22(20-7-3-1-4-8-20)11-13-26(24)38-28(30)17-29-31(19-41(35,36)37)25-16-23(12-14-27(25)39-29)21-9-5-2-6-10-21/h1-17H,18-19H2,(H-,32,33,34,35,36,37). The highest BCUT2D eigenvalue weighted by Gasteiger charge is 2.33. The fraction of sp³-hybridized carbons (Fsp3) is 0.0690. The molecule has 1 aromatic heterocycles. The highest BCUT2D eigenvalue weighted by Crippen LogP contribution is 2.42. The number of oxazole rings is 1. The Labute approximate surface area is 235 Å². The van der Waals surface area contributed by atoms with E-state index in [1.807, 2.05) is 60.7 Å². The van der Waals surface area contributed by atoms with Crippen molar-refractivity contribution in [3.05, 3.63) is 109 Å².